The van der Waals surface area contributed by atoms with Crippen LogP contribution in [0.2, 0.25) is 10.0 Å². The number of carbonyl (C=O) groups excluding carboxylic acids is 2. The number of rotatable bonds is 5. The molecule has 0 atom stereocenters. The lowest BCUT2D eigenvalue weighted by atomic mass is 10.2. The number of hydrogen-bond acceptors (Lipinski definition) is 5. The molecule has 1 heterocycles. The van der Waals surface area contributed by atoms with E-state index in [2.05, 4.69) is 10.2 Å². The molecule has 1 aliphatic heterocycles. The highest BCUT2D eigenvalue weighted by molar-refractivity contribution is 6.35. The van der Waals surface area contributed by atoms with Crippen molar-refractivity contribution in [2.24, 2.45) is 0 Å². The molecule has 2 aromatic rings. The molecule has 3 rings (SSSR count). The molecule has 8 heteroatoms. The largest absolute Gasteiger partial charge is 0.452 e. The summed E-state index contributed by atoms with van der Waals surface area (Å²) >= 11 is 11.7. The van der Waals surface area contributed by atoms with Crippen molar-refractivity contribution in [3.05, 3.63) is 58.1 Å². The Morgan fingerprint density at radius 3 is 2.30 bits per heavy atom. The number of nitrogens with one attached hydrogen (secondary N) is 1. The molecule has 0 spiro atoms. The normalized spacial score (nSPS) is 13.9. The molecule has 1 saturated heterocycles. The van der Waals surface area contributed by atoms with E-state index >= 15 is 0 Å². The minimum absolute atomic E-state index is 0.190. The van der Waals surface area contributed by atoms with Gasteiger partial charge in [-0.05, 0) is 42.5 Å². The standard InChI is InChI=1S/C19H18Cl2N2O4/c20-14-9-13(10-15(21)11-14)19(25)27-12-18(24)22-16-1-3-17(4-2-16)23-5-7-26-8-6-23/h1-4,9-11H,5-8,12H2,(H,22,24). The molecular weight excluding hydrogens is 391 g/mol. The van der Waals surface area contributed by atoms with Gasteiger partial charge in [0.1, 0.15) is 0 Å². The number of hydrogen-bond donors (Lipinski definition) is 1. The molecule has 2 aromatic carbocycles. The van der Waals surface area contributed by atoms with Crippen molar-refractivity contribution in [1.29, 1.82) is 0 Å². The van der Waals surface area contributed by atoms with Gasteiger partial charge in [-0.2, -0.15) is 0 Å². The Morgan fingerprint density at radius 1 is 1.04 bits per heavy atom. The van der Waals surface area contributed by atoms with Gasteiger partial charge in [-0.15, -0.1) is 0 Å². The number of morpholine rings is 1. The Morgan fingerprint density at radius 2 is 1.67 bits per heavy atom. The molecule has 27 heavy (non-hydrogen) atoms. The summed E-state index contributed by atoms with van der Waals surface area (Å²) < 4.78 is 10.3. The lowest BCUT2D eigenvalue weighted by molar-refractivity contribution is -0.119. The fraction of sp³-hybridized carbons (Fsp3) is 0.263. The summed E-state index contributed by atoms with van der Waals surface area (Å²) in [6, 6.07) is 11.8. The number of carbonyl (C=O) groups is 2. The zero-order valence-electron chi connectivity index (χ0n) is 14.4. The number of ether oxygens (including phenoxy) is 2. The van der Waals surface area contributed by atoms with Gasteiger partial charge in [0.25, 0.3) is 5.91 Å². The van der Waals surface area contributed by atoms with Gasteiger partial charge in [-0.1, -0.05) is 23.2 Å². The monoisotopic (exact) mass is 408 g/mol. The average molecular weight is 409 g/mol. The maximum Gasteiger partial charge on any atom is 0.338 e. The van der Waals surface area contributed by atoms with Crippen molar-refractivity contribution < 1.29 is 19.1 Å². The number of benzene rings is 2. The van der Waals surface area contributed by atoms with Crippen molar-refractivity contribution in [2.45, 2.75) is 0 Å². The maximum atomic E-state index is 12.0. The van der Waals surface area contributed by atoms with E-state index in [4.69, 9.17) is 32.7 Å². The summed E-state index contributed by atoms with van der Waals surface area (Å²) in [5.41, 5.74) is 1.88. The highest BCUT2D eigenvalue weighted by Crippen LogP contribution is 2.20. The third-order valence-corrected chi connectivity index (χ3v) is 4.40. The van der Waals surface area contributed by atoms with Crippen molar-refractivity contribution >= 4 is 46.5 Å². The highest BCUT2D eigenvalue weighted by Gasteiger charge is 2.13. The summed E-state index contributed by atoms with van der Waals surface area (Å²) in [6.45, 7) is 2.70. The van der Waals surface area contributed by atoms with Gasteiger partial charge in [0.2, 0.25) is 0 Å². The number of nitrogens with zero attached hydrogens (tertiary/aromatic N) is 1. The fourth-order valence-corrected chi connectivity index (χ4v) is 3.19. The molecule has 0 aliphatic carbocycles. The number of esters is 1. The van der Waals surface area contributed by atoms with Crippen LogP contribution in [-0.4, -0.2) is 44.8 Å². The van der Waals surface area contributed by atoms with Gasteiger partial charge in [-0.25, -0.2) is 4.79 Å². The molecule has 0 unspecified atom stereocenters. The molecular formula is C19H18Cl2N2O4. The molecule has 1 amide bonds. The predicted octanol–water partition coefficient (Wildman–Crippen LogP) is 3.63. The van der Waals surface area contributed by atoms with Crippen LogP contribution in [0.1, 0.15) is 10.4 Å². The number of anilines is 2. The molecule has 142 valence electrons. The first kappa shape index (κ1) is 19.5. The molecule has 1 N–H and O–H groups in total. The smallest absolute Gasteiger partial charge is 0.338 e. The zero-order chi connectivity index (χ0) is 19.2. The highest BCUT2D eigenvalue weighted by atomic mass is 35.5. The van der Waals surface area contributed by atoms with Crippen LogP contribution in [0.4, 0.5) is 11.4 Å². The van der Waals surface area contributed by atoms with Gasteiger partial charge in [-0.3, -0.25) is 4.79 Å². The molecule has 6 nitrogen and oxygen atoms in total. The van der Waals surface area contributed by atoms with E-state index in [1.165, 1.54) is 18.2 Å². The number of amides is 1. The Bertz CT molecular complexity index is 801. The van der Waals surface area contributed by atoms with Gasteiger partial charge in [0.15, 0.2) is 6.61 Å². The lowest BCUT2D eigenvalue weighted by Gasteiger charge is -2.28. The third kappa shape index (κ3) is 5.60. The zero-order valence-corrected chi connectivity index (χ0v) is 15.9. The van der Waals surface area contributed by atoms with E-state index < -0.39 is 18.5 Å². The quantitative estimate of drug-likeness (QED) is 0.765. The Balaban J connectivity index is 1.50. The minimum Gasteiger partial charge on any atom is -0.452 e. The van der Waals surface area contributed by atoms with Gasteiger partial charge < -0.3 is 19.7 Å². The minimum atomic E-state index is -0.669. The van der Waals surface area contributed by atoms with E-state index in [1.807, 2.05) is 12.1 Å². The Labute approximate surface area is 167 Å². The van der Waals surface area contributed by atoms with Crippen LogP contribution in [0.25, 0.3) is 0 Å². The molecule has 0 aromatic heterocycles. The SMILES string of the molecule is O=C(COC(=O)c1cc(Cl)cc(Cl)c1)Nc1ccc(N2CCOCC2)cc1. The van der Waals surface area contributed by atoms with Crippen LogP contribution in [0.15, 0.2) is 42.5 Å². The summed E-state index contributed by atoms with van der Waals surface area (Å²) in [6.07, 6.45) is 0. The molecule has 0 bridgehead atoms. The fourth-order valence-electron chi connectivity index (χ4n) is 2.66. The van der Waals surface area contributed by atoms with Crippen LogP contribution < -0.4 is 10.2 Å². The van der Waals surface area contributed by atoms with Crippen LogP contribution in [0.3, 0.4) is 0 Å². The van der Waals surface area contributed by atoms with E-state index in [9.17, 15) is 9.59 Å². The van der Waals surface area contributed by atoms with Crippen LogP contribution in [-0.2, 0) is 14.3 Å². The Kier molecular flexibility index (Phi) is 6.55. The lowest BCUT2D eigenvalue weighted by Crippen LogP contribution is -2.36. The molecule has 1 aliphatic rings. The van der Waals surface area contributed by atoms with Gasteiger partial charge >= 0.3 is 5.97 Å². The number of halogens is 2. The third-order valence-electron chi connectivity index (χ3n) is 3.96. The van der Waals surface area contributed by atoms with Crippen molar-refractivity contribution in [2.75, 3.05) is 43.1 Å². The summed E-state index contributed by atoms with van der Waals surface area (Å²) in [5, 5.41) is 3.33. The van der Waals surface area contributed by atoms with Crippen LogP contribution in [0, 0.1) is 0 Å². The van der Waals surface area contributed by atoms with E-state index in [-0.39, 0.29) is 5.56 Å². The van der Waals surface area contributed by atoms with Crippen LogP contribution >= 0.6 is 23.2 Å². The summed E-state index contributed by atoms with van der Waals surface area (Å²) in [5.74, 6) is -1.10. The molecule has 1 fully saturated rings. The van der Waals surface area contributed by atoms with Gasteiger partial charge in [0, 0.05) is 34.5 Å². The molecule has 0 radical (unpaired) electrons. The van der Waals surface area contributed by atoms with Crippen molar-refractivity contribution in [1.82, 2.24) is 0 Å². The second-order valence-electron chi connectivity index (χ2n) is 5.93. The second kappa shape index (κ2) is 9.08. The van der Waals surface area contributed by atoms with E-state index in [1.54, 1.807) is 12.1 Å². The maximum absolute atomic E-state index is 12.0. The summed E-state index contributed by atoms with van der Waals surface area (Å²) in [7, 11) is 0. The van der Waals surface area contributed by atoms with E-state index in [0.29, 0.717) is 28.9 Å². The summed E-state index contributed by atoms with van der Waals surface area (Å²) in [4.78, 5) is 26.2. The van der Waals surface area contributed by atoms with Crippen molar-refractivity contribution in [3.63, 3.8) is 0 Å². The van der Waals surface area contributed by atoms with E-state index in [0.717, 1.165) is 18.8 Å². The predicted molar refractivity (Wildman–Crippen MR) is 105 cm³/mol. The van der Waals surface area contributed by atoms with Crippen molar-refractivity contribution in [3.8, 4) is 0 Å². The Hall–Kier alpha value is -2.28. The topological polar surface area (TPSA) is 67.9 Å². The first-order valence-corrected chi connectivity index (χ1v) is 9.13. The van der Waals surface area contributed by atoms with Gasteiger partial charge in [0.05, 0.1) is 18.8 Å². The second-order valence-corrected chi connectivity index (χ2v) is 6.80. The first-order chi connectivity index (χ1) is 13.0. The first-order valence-electron chi connectivity index (χ1n) is 8.37. The average Bonchev–Trinajstić information content (AvgIpc) is 2.66. The van der Waals surface area contributed by atoms with Crippen LogP contribution in [0.5, 0.6) is 0 Å². The molecule has 0 saturated carbocycles.